The number of thioether (sulfide) groups is 1. The normalized spacial score (nSPS) is 18.1. The lowest BCUT2D eigenvalue weighted by molar-refractivity contribution is 0.0713. The third-order valence-electron chi connectivity index (χ3n) is 3.58. The van der Waals surface area contributed by atoms with Gasteiger partial charge >= 0.3 is 0 Å². The molecule has 4 nitrogen and oxygen atoms in total. The van der Waals surface area contributed by atoms with Gasteiger partial charge in [0.25, 0.3) is 5.91 Å². The van der Waals surface area contributed by atoms with Gasteiger partial charge in [0, 0.05) is 19.3 Å². The molecule has 0 aromatic carbocycles. The number of hydrogen-bond acceptors (Lipinski definition) is 4. The molecule has 102 valence electrons. The van der Waals surface area contributed by atoms with Crippen LogP contribution >= 0.6 is 24.0 Å². The highest BCUT2D eigenvalue weighted by Crippen LogP contribution is 2.35. The minimum atomic E-state index is -0.157. The molecule has 1 amide bonds. The van der Waals surface area contributed by atoms with Gasteiger partial charge in [-0.05, 0) is 31.2 Å². The molecule has 0 radical (unpaired) electrons. The van der Waals surface area contributed by atoms with E-state index in [9.17, 15) is 4.79 Å². The number of rotatable bonds is 3. The van der Waals surface area contributed by atoms with Crippen LogP contribution in [0.15, 0.2) is 24.4 Å². The number of thiocarbonyl (C=S) groups is 1. The molecule has 2 rings (SSSR count). The van der Waals surface area contributed by atoms with Crippen LogP contribution in [0.5, 0.6) is 0 Å². The Balaban J connectivity index is 2.04. The Hall–Kier alpha value is -1.14. The number of aromatic nitrogens is 1. The summed E-state index contributed by atoms with van der Waals surface area (Å²) in [6.07, 6.45) is 5.28. The lowest BCUT2D eigenvalue weighted by atomic mass is 9.95. The van der Waals surface area contributed by atoms with Crippen LogP contribution in [0.25, 0.3) is 0 Å². The zero-order valence-electron chi connectivity index (χ0n) is 10.8. The van der Waals surface area contributed by atoms with Crippen molar-refractivity contribution in [1.29, 1.82) is 0 Å². The van der Waals surface area contributed by atoms with Crippen LogP contribution in [0.3, 0.4) is 0 Å². The smallest absolute Gasteiger partial charge is 0.272 e. The maximum absolute atomic E-state index is 12.3. The Morgan fingerprint density at radius 1 is 1.47 bits per heavy atom. The zero-order valence-corrected chi connectivity index (χ0v) is 12.5. The van der Waals surface area contributed by atoms with Gasteiger partial charge in [0.15, 0.2) is 0 Å². The molecule has 0 saturated carbocycles. The topological polar surface area (TPSA) is 59.2 Å². The quantitative estimate of drug-likeness (QED) is 0.860. The molecule has 1 aromatic heterocycles. The molecule has 19 heavy (non-hydrogen) atoms. The Morgan fingerprint density at radius 2 is 2.16 bits per heavy atom. The SMILES string of the molecule is CSC1(C(N)=S)CCN(C(=O)c2ccccn2)CC1. The molecule has 1 aromatic rings. The molecule has 0 atom stereocenters. The van der Waals surface area contributed by atoms with Crippen molar-refractivity contribution in [2.24, 2.45) is 5.73 Å². The zero-order chi connectivity index (χ0) is 13.9. The Bertz CT molecular complexity index is 470. The second-order valence-corrected chi connectivity index (χ2v) is 6.20. The highest BCUT2D eigenvalue weighted by molar-refractivity contribution is 8.02. The average molecular weight is 295 g/mol. The lowest BCUT2D eigenvalue weighted by Crippen LogP contribution is -2.50. The van der Waals surface area contributed by atoms with Gasteiger partial charge in [-0.15, -0.1) is 0 Å². The predicted molar refractivity (Wildman–Crippen MR) is 82.4 cm³/mol. The number of carbonyl (C=O) groups excluding carboxylic acids is 1. The molecule has 6 heteroatoms. The largest absolute Gasteiger partial charge is 0.392 e. The van der Waals surface area contributed by atoms with Gasteiger partial charge in [-0.2, -0.15) is 11.8 Å². The third-order valence-corrected chi connectivity index (χ3v) is 5.51. The fourth-order valence-electron chi connectivity index (χ4n) is 2.27. The number of pyridine rings is 1. The number of nitrogens with two attached hydrogens (primary N) is 1. The summed E-state index contributed by atoms with van der Waals surface area (Å²) in [5, 5.41) is 0. The van der Waals surface area contributed by atoms with E-state index in [0.717, 1.165) is 12.8 Å². The molecule has 2 heterocycles. The fourth-order valence-corrected chi connectivity index (χ4v) is 3.52. The summed E-state index contributed by atoms with van der Waals surface area (Å²) in [4.78, 5) is 18.7. The van der Waals surface area contributed by atoms with E-state index in [1.54, 1.807) is 30.1 Å². The van der Waals surface area contributed by atoms with E-state index < -0.39 is 0 Å². The molecule has 0 bridgehead atoms. The molecule has 0 spiro atoms. The summed E-state index contributed by atoms with van der Waals surface area (Å²) in [5.74, 6) is -0.0155. The fraction of sp³-hybridized carbons (Fsp3) is 0.462. The number of nitrogens with zero attached hydrogens (tertiary/aromatic N) is 2. The van der Waals surface area contributed by atoms with Gasteiger partial charge < -0.3 is 10.6 Å². The van der Waals surface area contributed by atoms with Crippen LogP contribution in [-0.4, -0.2) is 44.9 Å². The highest BCUT2D eigenvalue weighted by atomic mass is 32.2. The van der Waals surface area contributed by atoms with Crippen LogP contribution in [-0.2, 0) is 0 Å². The molecule has 1 aliphatic heterocycles. The first-order valence-corrected chi connectivity index (χ1v) is 7.78. The Morgan fingerprint density at radius 3 is 2.63 bits per heavy atom. The van der Waals surface area contributed by atoms with E-state index >= 15 is 0 Å². The van der Waals surface area contributed by atoms with Crippen molar-refractivity contribution in [2.75, 3.05) is 19.3 Å². The number of amides is 1. The minimum absolute atomic E-state index is 0.0155. The molecule has 1 aliphatic rings. The average Bonchev–Trinajstić information content (AvgIpc) is 2.47. The summed E-state index contributed by atoms with van der Waals surface area (Å²) in [7, 11) is 0. The van der Waals surface area contributed by atoms with E-state index in [2.05, 4.69) is 4.98 Å². The van der Waals surface area contributed by atoms with Crippen LogP contribution in [0.1, 0.15) is 23.3 Å². The first-order chi connectivity index (χ1) is 9.09. The molecule has 1 fully saturated rings. The summed E-state index contributed by atoms with van der Waals surface area (Å²) < 4.78 is -0.157. The maximum Gasteiger partial charge on any atom is 0.272 e. The van der Waals surface area contributed by atoms with Crippen LogP contribution < -0.4 is 5.73 Å². The molecular formula is C13H17N3OS2. The van der Waals surface area contributed by atoms with Gasteiger partial charge in [-0.25, -0.2) is 0 Å². The van der Waals surface area contributed by atoms with Gasteiger partial charge in [0.05, 0.1) is 9.74 Å². The van der Waals surface area contributed by atoms with E-state index in [1.165, 1.54) is 0 Å². The van der Waals surface area contributed by atoms with E-state index in [-0.39, 0.29) is 10.7 Å². The van der Waals surface area contributed by atoms with Crippen molar-refractivity contribution in [1.82, 2.24) is 9.88 Å². The lowest BCUT2D eigenvalue weighted by Gasteiger charge is -2.39. The molecule has 1 saturated heterocycles. The first-order valence-electron chi connectivity index (χ1n) is 6.14. The van der Waals surface area contributed by atoms with E-state index in [4.69, 9.17) is 18.0 Å². The van der Waals surface area contributed by atoms with Crippen molar-refractivity contribution in [3.63, 3.8) is 0 Å². The first kappa shape index (κ1) is 14.3. The molecular weight excluding hydrogens is 278 g/mol. The van der Waals surface area contributed by atoms with Gasteiger partial charge in [-0.3, -0.25) is 9.78 Å². The maximum atomic E-state index is 12.3. The molecule has 2 N–H and O–H groups in total. The number of carbonyl (C=O) groups is 1. The number of hydrogen-bond donors (Lipinski definition) is 1. The predicted octanol–water partition coefficient (Wildman–Crippen LogP) is 1.71. The van der Waals surface area contributed by atoms with Crippen LogP contribution in [0.4, 0.5) is 0 Å². The number of likely N-dealkylation sites (tertiary alicyclic amines) is 1. The van der Waals surface area contributed by atoms with Crippen molar-refractivity contribution in [3.05, 3.63) is 30.1 Å². The summed E-state index contributed by atoms with van der Waals surface area (Å²) in [5.41, 5.74) is 6.34. The summed E-state index contributed by atoms with van der Waals surface area (Å²) in [6, 6.07) is 5.37. The van der Waals surface area contributed by atoms with Gasteiger partial charge in [0.2, 0.25) is 0 Å². The monoisotopic (exact) mass is 295 g/mol. The Kier molecular flexibility index (Phi) is 4.42. The molecule has 0 aliphatic carbocycles. The summed E-state index contributed by atoms with van der Waals surface area (Å²) >= 11 is 6.86. The van der Waals surface area contributed by atoms with Crippen molar-refractivity contribution in [2.45, 2.75) is 17.6 Å². The van der Waals surface area contributed by atoms with Crippen molar-refractivity contribution in [3.8, 4) is 0 Å². The highest BCUT2D eigenvalue weighted by Gasteiger charge is 2.38. The van der Waals surface area contributed by atoms with Crippen molar-refractivity contribution >= 4 is 34.9 Å². The second kappa shape index (κ2) is 5.88. The van der Waals surface area contributed by atoms with E-state index in [1.807, 2.05) is 17.2 Å². The molecule has 0 unspecified atom stereocenters. The third kappa shape index (κ3) is 2.90. The van der Waals surface area contributed by atoms with E-state index in [0.29, 0.717) is 23.8 Å². The second-order valence-electron chi connectivity index (χ2n) is 4.57. The minimum Gasteiger partial charge on any atom is -0.392 e. The van der Waals surface area contributed by atoms with Crippen LogP contribution in [0.2, 0.25) is 0 Å². The van der Waals surface area contributed by atoms with Gasteiger partial charge in [0.1, 0.15) is 5.69 Å². The number of piperidine rings is 1. The van der Waals surface area contributed by atoms with Gasteiger partial charge in [-0.1, -0.05) is 18.3 Å². The standard InChI is InChI=1S/C13H17N3OS2/c1-19-13(12(14)18)5-8-16(9-6-13)11(17)10-4-2-3-7-15-10/h2-4,7H,5-6,8-9H2,1H3,(H2,14,18). The summed E-state index contributed by atoms with van der Waals surface area (Å²) in [6.45, 7) is 1.35. The van der Waals surface area contributed by atoms with Crippen LogP contribution in [0, 0.1) is 0 Å². The van der Waals surface area contributed by atoms with Crippen molar-refractivity contribution < 1.29 is 4.79 Å². The Labute approximate surface area is 122 Å².